The number of ether oxygens (including phenoxy) is 1. The quantitative estimate of drug-likeness (QED) is 0.671. The van der Waals surface area contributed by atoms with Crippen molar-refractivity contribution in [1.29, 1.82) is 0 Å². The second kappa shape index (κ2) is 6.75. The van der Waals surface area contributed by atoms with E-state index in [2.05, 4.69) is 5.32 Å². The van der Waals surface area contributed by atoms with Gasteiger partial charge in [-0.1, -0.05) is 0 Å². The molecule has 0 bridgehead atoms. The van der Waals surface area contributed by atoms with E-state index in [0.717, 1.165) is 19.3 Å². The zero-order valence-electron chi connectivity index (χ0n) is 11.7. The van der Waals surface area contributed by atoms with Gasteiger partial charge in [-0.3, -0.25) is 4.79 Å². The molecule has 3 N–H and O–H groups in total. The van der Waals surface area contributed by atoms with Crippen LogP contribution in [0.1, 0.15) is 32.1 Å². The number of fused-ring (bicyclic) bond motifs is 1. The third-order valence-corrected chi connectivity index (χ3v) is 3.99. The number of amides is 2. The number of hydrogen-bond donors (Lipinski definition) is 3. The largest absolute Gasteiger partial charge is 0.481 e. The number of carboxylic acid groups (broad SMARTS) is 2. The summed E-state index contributed by atoms with van der Waals surface area (Å²) >= 11 is 0. The minimum absolute atomic E-state index is 0.00679. The van der Waals surface area contributed by atoms with E-state index in [9.17, 15) is 14.4 Å². The molecule has 0 radical (unpaired) electrons. The predicted octanol–water partition coefficient (Wildman–Crippen LogP) is 0.267. The highest BCUT2D eigenvalue weighted by Gasteiger charge is 2.39. The lowest BCUT2D eigenvalue weighted by atomic mass is 10.1. The zero-order valence-corrected chi connectivity index (χ0v) is 11.7. The van der Waals surface area contributed by atoms with Crippen LogP contribution < -0.4 is 5.32 Å². The summed E-state index contributed by atoms with van der Waals surface area (Å²) in [5.41, 5.74) is 0. The Morgan fingerprint density at radius 2 is 2.05 bits per heavy atom. The smallest absolute Gasteiger partial charge is 0.326 e. The van der Waals surface area contributed by atoms with Crippen molar-refractivity contribution >= 4 is 18.0 Å². The lowest BCUT2D eigenvalue weighted by Crippen LogP contribution is -2.57. The Labute approximate surface area is 122 Å². The van der Waals surface area contributed by atoms with Crippen LogP contribution in [0.3, 0.4) is 0 Å². The summed E-state index contributed by atoms with van der Waals surface area (Å²) in [6.07, 6.45) is 2.36. The summed E-state index contributed by atoms with van der Waals surface area (Å²) in [5.74, 6) is -2.31. The summed E-state index contributed by atoms with van der Waals surface area (Å²) in [7, 11) is 0. The number of carbonyl (C=O) groups is 3. The highest BCUT2D eigenvalue weighted by atomic mass is 16.5. The fraction of sp³-hybridized carbons (Fsp3) is 0.769. The highest BCUT2D eigenvalue weighted by molar-refractivity contribution is 5.83. The van der Waals surface area contributed by atoms with E-state index in [0.29, 0.717) is 13.2 Å². The van der Waals surface area contributed by atoms with Gasteiger partial charge < -0.3 is 25.2 Å². The monoisotopic (exact) mass is 300 g/mol. The number of nitrogens with zero attached hydrogens (tertiary/aromatic N) is 1. The first-order chi connectivity index (χ1) is 9.99. The van der Waals surface area contributed by atoms with Gasteiger partial charge in [-0.25, -0.2) is 9.59 Å². The van der Waals surface area contributed by atoms with Crippen LogP contribution in [-0.4, -0.2) is 64.4 Å². The van der Waals surface area contributed by atoms with Crippen molar-refractivity contribution in [3.8, 4) is 0 Å². The number of rotatable bonds is 5. The molecule has 21 heavy (non-hydrogen) atoms. The molecule has 2 rings (SSSR count). The van der Waals surface area contributed by atoms with Crippen LogP contribution in [0.25, 0.3) is 0 Å². The molecule has 0 aromatic heterocycles. The van der Waals surface area contributed by atoms with E-state index in [1.807, 2.05) is 0 Å². The molecule has 3 atom stereocenters. The fourth-order valence-electron chi connectivity index (χ4n) is 2.93. The molecule has 2 fully saturated rings. The molecular weight excluding hydrogens is 280 g/mol. The summed E-state index contributed by atoms with van der Waals surface area (Å²) in [6.45, 7) is 0.875. The zero-order chi connectivity index (χ0) is 15.4. The van der Waals surface area contributed by atoms with E-state index in [-0.39, 0.29) is 25.0 Å². The normalized spacial score (nSPS) is 26.0. The van der Waals surface area contributed by atoms with Crippen LogP contribution in [0, 0.1) is 0 Å². The van der Waals surface area contributed by atoms with Crippen molar-refractivity contribution in [3.05, 3.63) is 0 Å². The van der Waals surface area contributed by atoms with Gasteiger partial charge in [0, 0.05) is 13.0 Å². The van der Waals surface area contributed by atoms with Crippen molar-refractivity contribution in [3.63, 3.8) is 0 Å². The third-order valence-electron chi connectivity index (χ3n) is 3.99. The van der Waals surface area contributed by atoms with Crippen molar-refractivity contribution in [2.24, 2.45) is 0 Å². The minimum atomic E-state index is -1.22. The Kier molecular flexibility index (Phi) is 5.00. The Bertz CT molecular complexity index is 427. The third kappa shape index (κ3) is 3.84. The van der Waals surface area contributed by atoms with Crippen LogP contribution >= 0.6 is 0 Å². The number of nitrogens with one attached hydrogen (secondary N) is 1. The number of carbonyl (C=O) groups excluding carboxylic acids is 1. The Morgan fingerprint density at radius 3 is 2.71 bits per heavy atom. The van der Waals surface area contributed by atoms with Crippen LogP contribution in [-0.2, 0) is 14.3 Å². The molecule has 8 nitrogen and oxygen atoms in total. The SMILES string of the molecule is O=C(O)CC[C@H](NC(=O)N1CCOC2CCCC21)C(=O)O. The van der Waals surface area contributed by atoms with Crippen LogP contribution in [0.4, 0.5) is 4.79 Å². The molecule has 0 spiro atoms. The lowest BCUT2D eigenvalue weighted by Gasteiger charge is -2.38. The maximum atomic E-state index is 12.2. The molecule has 1 aliphatic carbocycles. The molecule has 0 aromatic rings. The van der Waals surface area contributed by atoms with E-state index in [1.54, 1.807) is 4.90 Å². The van der Waals surface area contributed by atoms with Gasteiger partial charge in [-0.2, -0.15) is 0 Å². The van der Waals surface area contributed by atoms with Crippen molar-refractivity contribution < 1.29 is 29.3 Å². The molecule has 1 aliphatic heterocycles. The second-order valence-corrected chi connectivity index (χ2v) is 5.37. The summed E-state index contributed by atoms with van der Waals surface area (Å²) in [6, 6.07) is -1.64. The van der Waals surface area contributed by atoms with Gasteiger partial charge in [-0.15, -0.1) is 0 Å². The number of morpholine rings is 1. The summed E-state index contributed by atoms with van der Waals surface area (Å²) in [4.78, 5) is 35.5. The average Bonchev–Trinajstić information content (AvgIpc) is 2.90. The van der Waals surface area contributed by atoms with Gasteiger partial charge in [0.15, 0.2) is 0 Å². The molecule has 2 unspecified atom stereocenters. The molecule has 8 heteroatoms. The Balaban J connectivity index is 1.94. The van der Waals surface area contributed by atoms with E-state index in [4.69, 9.17) is 14.9 Å². The molecule has 2 aliphatic rings. The molecule has 0 aromatic carbocycles. The van der Waals surface area contributed by atoms with Crippen molar-refractivity contribution in [2.75, 3.05) is 13.2 Å². The average molecular weight is 300 g/mol. The van der Waals surface area contributed by atoms with E-state index < -0.39 is 24.0 Å². The number of aliphatic carboxylic acids is 2. The molecule has 1 saturated heterocycles. The first-order valence-corrected chi connectivity index (χ1v) is 7.12. The van der Waals surface area contributed by atoms with Crippen molar-refractivity contribution in [1.82, 2.24) is 10.2 Å². The molecule has 2 amide bonds. The lowest BCUT2D eigenvalue weighted by molar-refractivity contribution is -0.140. The van der Waals surface area contributed by atoms with Gasteiger partial charge in [0.05, 0.1) is 18.8 Å². The number of carboxylic acids is 2. The molecule has 118 valence electrons. The first-order valence-electron chi connectivity index (χ1n) is 7.12. The standard InChI is InChI=1S/C13H20N2O6/c16-11(17)5-4-8(12(18)19)14-13(20)15-6-7-21-10-3-1-2-9(10)15/h8-10H,1-7H2,(H,14,20)(H,16,17)(H,18,19)/t8-,9?,10?/m0/s1. The minimum Gasteiger partial charge on any atom is -0.481 e. The van der Waals surface area contributed by atoms with Crippen LogP contribution in [0.5, 0.6) is 0 Å². The second-order valence-electron chi connectivity index (χ2n) is 5.37. The van der Waals surface area contributed by atoms with Gasteiger partial charge in [-0.05, 0) is 25.7 Å². The van der Waals surface area contributed by atoms with E-state index in [1.165, 1.54) is 0 Å². The van der Waals surface area contributed by atoms with Crippen LogP contribution in [0.2, 0.25) is 0 Å². The van der Waals surface area contributed by atoms with E-state index >= 15 is 0 Å². The summed E-state index contributed by atoms with van der Waals surface area (Å²) < 4.78 is 5.60. The Morgan fingerprint density at radius 1 is 1.29 bits per heavy atom. The maximum absolute atomic E-state index is 12.2. The highest BCUT2D eigenvalue weighted by Crippen LogP contribution is 2.29. The van der Waals surface area contributed by atoms with Gasteiger partial charge >= 0.3 is 18.0 Å². The molecule has 1 heterocycles. The first kappa shape index (κ1) is 15.6. The molecular formula is C13H20N2O6. The van der Waals surface area contributed by atoms with Gasteiger partial charge in [0.1, 0.15) is 6.04 Å². The number of hydrogen-bond acceptors (Lipinski definition) is 4. The summed E-state index contributed by atoms with van der Waals surface area (Å²) in [5, 5.41) is 20.1. The predicted molar refractivity (Wildman–Crippen MR) is 70.9 cm³/mol. The van der Waals surface area contributed by atoms with Crippen molar-refractivity contribution in [2.45, 2.75) is 50.3 Å². The maximum Gasteiger partial charge on any atom is 0.326 e. The van der Waals surface area contributed by atoms with Gasteiger partial charge in [0.2, 0.25) is 0 Å². The fourth-order valence-corrected chi connectivity index (χ4v) is 2.93. The Hall–Kier alpha value is -1.83. The topological polar surface area (TPSA) is 116 Å². The number of urea groups is 1. The van der Waals surface area contributed by atoms with Gasteiger partial charge in [0.25, 0.3) is 0 Å². The van der Waals surface area contributed by atoms with Crippen LogP contribution in [0.15, 0.2) is 0 Å². The molecule has 1 saturated carbocycles.